The molecule has 2 aliphatic rings. The van der Waals surface area contributed by atoms with Crippen molar-refractivity contribution < 1.29 is 31.5 Å². The van der Waals surface area contributed by atoms with Crippen LogP contribution in [-0.2, 0) is 22.4 Å². The molecular weight excluding hydrogens is 453 g/mol. The van der Waals surface area contributed by atoms with E-state index < -0.39 is 30.1 Å². The van der Waals surface area contributed by atoms with E-state index in [2.05, 4.69) is 5.32 Å². The Bertz CT molecular complexity index is 1040. The minimum absolute atomic E-state index is 0.0131. The molecule has 2 aromatic rings. The van der Waals surface area contributed by atoms with E-state index >= 15 is 0 Å². The van der Waals surface area contributed by atoms with Gasteiger partial charge in [-0.25, -0.2) is 8.78 Å². The quantitative estimate of drug-likeness (QED) is 0.471. The fourth-order valence-corrected chi connectivity index (χ4v) is 5.59. The Kier molecular flexibility index (Phi) is 6.73. The number of nitrogens with one attached hydrogen (secondary N) is 1. The van der Waals surface area contributed by atoms with Crippen LogP contribution in [0.25, 0.3) is 0 Å². The Morgan fingerprint density at radius 3 is 2.44 bits per heavy atom. The summed E-state index contributed by atoms with van der Waals surface area (Å²) in [6.45, 7) is 2.65. The number of hydrogen-bond donors (Lipinski definition) is 1. The molecule has 0 bridgehead atoms. The molecule has 184 valence electrons. The van der Waals surface area contributed by atoms with Crippen LogP contribution in [0.3, 0.4) is 0 Å². The van der Waals surface area contributed by atoms with Crippen LogP contribution in [-0.4, -0.2) is 17.6 Å². The van der Waals surface area contributed by atoms with E-state index in [-0.39, 0.29) is 40.8 Å². The monoisotopic (exact) mass is 481 g/mol. The molecule has 8 heteroatoms. The molecule has 1 amide bonds. The zero-order valence-electron chi connectivity index (χ0n) is 19.1. The van der Waals surface area contributed by atoms with Crippen LogP contribution in [0.1, 0.15) is 73.8 Å². The number of rotatable bonds is 6. The number of ether oxygens (including phenoxy) is 1. The van der Waals surface area contributed by atoms with Gasteiger partial charge < -0.3 is 10.1 Å². The van der Waals surface area contributed by atoms with Gasteiger partial charge in [-0.1, -0.05) is 18.2 Å². The summed E-state index contributed by atoms with van der Waals surface area (Å²) in [4.78, 5) is 12.0. The Hall–Kier alpha value is -2.48. The number of carbonyl (C=O) groups is 1. The minimum Gasteiger partial charge on any atom is -0.370 e. The second kappa shape index (κ2) is 9.29. The predicted molar refractivity (Wildman–Crippen MR) is 117 cm³/mol. The lowest BCUT2D eigenvalue weighted by molar-refractivity contribution is -0.137. The van der Waals surface area contributed by atoms with Crippen molar-refractivity contribution in [3.63, 3.8) is 0 Å². The van der Waals surface area contributed by atoms with Crippen molar-refractivity contribution in [1.82, 2.24) is 5.32 Å². The topological polar surface area (TPSA) is 38.3 Å². The van der Waals surface area contributed by atoms with Gasteiger partial charge in [0, 0.05) is 17.9 Å². The van der Waals surface area contributed by atoms with Crippen molar-refractivity contribution in [1.29, 1.82) is 0 Å². The molecule has 4 rings (SSSR count). The molecule has 0 aromatic heterocycles. The van der Waals surface area contributed by atoms with Gasteiger partial charge in [0.15, 0.2) is 0 Å². The number of halogens is 5. The van der Waals surface area contributed by atoms with Crippen molar-refractivity contribution in [2.45, 2.75) is 76.0 Å². The molecule has 1 saturated carbocycles. The first-order chi connectivity index (χ1) is 16.0. The van der Waals surface area contributed by atoms with Crippen molar-refractivity contribution in [2.75, 3.05) is 0 Å². The van der Waals surface area contributed by atoms with E-state index in [1.54, 1.807) is 19.1 Å². The highest BCUT2D eigenvalue weighted by Gasteiger charge is 2.50. The number of hydrogen-bond acceptors (Lipinski definition) is 2. The summed E-state index contributed by atoms with van der Waals surface area (Å²) in [5.41, 5.74) is -0.301. The SMILES string of the molecule is C[C@@H](O[C@H]1CC[C@@H]([C@@]2(C)CCC(=O)N2)[C@@H]1c1ccc(F)cc1)c1cc(CF)cc(C(F)(F)F)c1. The fourth-order valence-electron chi connectivity index (χ4n) is 5.59. The number of carbonyl (C=O) groups excluding carboxylic acids is 1. The second-order valence-corrected chi connectivity index (χ2v) is 9.64. The van der Waals surface area contributed by atoms with Crippen molar-refractivity contribution in [3.05, 3.63) is 70.5 Å². The fraction of sp³-hybridized carbons (Fsp3) is 0.500. The molecule has 1 saturated heterocycles. The van der Waals surface area contributed by atoms with Gasteiger partial charge in [-0.15, -0.1) is 0 Å². The highest BCUT2D eigenvalue weighted by molar-refractivity contribution is 5.79. The standard InChI is InChI=1S/C26H28F5NO2/c1-15(18-11-16(14-27)12-19(13-18)26(29,30)31)34-22-8-7-21(25(2)10-9-23(33)32-25)24(22)17-3-5-20(28)6-4-17/h3-6,11-13,15,21-22,24H,7-10,14H2,1-2H3,(H,32,33)/t15-,21-,22+,24+,25-/m1/s1. The van der Waals surface area contributed by atoms with Crippen LogP contribution in [0.5, 0.6) is 0 Å². The maximum atomic E-state index is 13.6. The van der Waals surface area contributed by atoms with E-state index in [1.807, 2.05) is 6.92 Å². The number of alkyl halides is 4. The molecule has 3 nitrogen and oxygen atoms in total. The third-order valence-corrected chi connectivity index (χ3v) is 7.31. The Morgan fingerprint density at radius 1 is 1.15 bits per heavy atom. The molecule has 2 aromatic carbocycles. The van der Waals surface area contributed by atoms with Gasteiger partial charge in [-0.2, -0.15) is 13.2 Å². The average molecular weight is 482 g/mol. The van der Waals surface area contributed by atoms with Crippen LogP contribution in [0.4, 0.5) is 22.0 Å². The second-order valence-electron chi connectivity index (χ2n) is 9.64. The van der Waals surface area contributed by atoms with E-state index in [0.717, 1.165) is 24.1 Å². The average Bonchev–Trinajstić information content (AvgIpc) is 3.37. The molecule has 0 unspecified atom stereocenters. The van der Waals surface area contributed by atoms with Crippen LogP contribution < -0.4 is 5.32 Å². The summed E-state index contributed by atoms with van der Waals surface area (Å²) in [5.74, 6) is -0.546. The molecule has 0 spiro atoms. The molecular formula is C26H28F5NO2. The summed E-state index contributed by atoms with van der Waals surface area (Å²) in [7, 11) is 0. The molecule has 0 radical (unpaired) electrons. The Balaban J connectivity index is 1.64. The first kappa shape index (κ1) is 24.6. The minimum atomic E-state index is -4.59. The van der Waals surface area contributed by atoms with Gasteiger partial charge >= 0.3 is 6.18 Å². The smallest absolute Gasteiger partial charge is 0.370 e. The zero-order valence-corrected chi connectivity index (χ0v) is 19.1. The highest BCUT2D eigenvalue weighted by atomic mass is 19.4. The maximum absolute atomic E-state index is 13.6. The lowest BCUT2D eigenvalue weighted by Gasteiger charge is -2.37. The molecule has 34 heavy (non-hydrogen) atoms. The van der Waals surface area contributed by atoms with E-state index in [4.69, 9.17) is 4.74 Å². The molecule has 1 aliphatic carbocycles. The summed E-state index contributed by atoms with van der Waals surface area (Å²) < 4.78 is 73.2. The normalized spacial score (nSPS) is 28.2. The first-order valence-electron chi connectivity index (χ1n) is 11.5. The molecule has 2 fully saturated rings. The van der Waals surface area contributed by atoms with E-state index in [9.17, 15) is 26.7 Å². The first-order valence-corrected chi connectivity index (χ1v) is 11.5. The van der Waals surface area contributed by atoms with Crippen LogP contribution in [0.2, 0.25) is 0 Å². The summed E-state index contributed by atoms with van der Waals surface area (Å²) in [6.07, 6.45) is -3.19. The van der Waals surface area contributed by atoms with Crippen molar-refractivity contribution in [3.8, 4) is 0 Å². The van der Waals surface area contributed by atoms with E-state index in [0.29, 0.717) is 19.3 Å². The van der Waals surface area contributed by atoms with Gasteiger partial charge in [0.05, 0.1) is 17.8 Å². The molecule has 5 atom stereocenters. The lowest BCUT2D eigenvalue weighted by Crippen LogP contribution is -2.47. The third-order valence-electron chi connectivity index (χ3n) is 7.31. The Morgan fingerprint density at radius 2 is 1.85 bits per heavy atom. The summed E-state index contributed by atoms with van der Waals surface area (Å²) in [6, 6.07) is 9.37. The van der Waals surface area contributed by atoms with E-state index in [1.165, 1.54) is 18.2 Å². The zero-order chi connectivity index (χ0) is 24.7. The Labute approximate surface area is 195 Å². The highest BCUT2D eigenvalue weighted by Crippen LogP contribution is 2.50. The van der Waals surface area contributed by atoms with Gasteiger partial charge in [0.2, 0.25) is 5.91 Å². The lowest BCUT2D eigenvalue weighted by atomic mass is 9.74. The maximum Gasteiger partial charge on any atom is 0.416 e. The largest absolute Gasteiger partial charge is 0.416 e. The van der Waals surface area contributed by atoms with Gasteiger partial charge in [0.25, 0.3) is 0 Å². The summed E-state index contributed by atoms with van der Waals surface area (Å²) >= 11 is 0. The van der Waals surface area contributed by atoms with Crippen LogP contribution in [0, 0.1) is 11.7 Å². The number of amides is 1. The van der Waals surface area contributed by atoms with Crippen molar-refractivity contribution >= 4 is 5.91 Å². The molecule has 1 heterocycles. The third kappa shape index (κ3) is 4.97. The van der Waals surface area contributed by atoms with Crippen LogP contribution in [0.15, 0.2) is 42.5 Å². The van der Waals surface area contributed by atoms with Crippen molar-refractivity contribution in [2.24, 2.45) is 5.92 Å². The van der Waals surface area contributed by atoms with Gasteiger partial charge in [-0.05, 0) is 80.0 Å². The van der Waals surface area contributed by atoms with Crippen LogP contribution >= 0.6 is 0 Å². The number of benzene rings is 2. The van der Waals surface area contributed by atoms with Gasteiger partial charge in [-0.3, -0.25) is 4.79 Å². The molecule has 1 N–H and O–H groups in total. The molecule has 1 aliphatic heterocycles. The summed E-state index contributed by atoms with van der Waals surface area (Å²) in [5, 5.41) is 3.09. The predicted octanol–water partition coefficient (Wildman–Crippen LogP) is 6.62. The van der Waals surface area contributed by atoms with Gasteiger partial charge in [0.1, 0.15) is 12.5 Å².